The van der Waals surface area contributed by atoms with Crippen LogP contribution in [0.25, 0.3) is 0 Å². The van der Waals surface area contributed by atoms with Gasteiger partial charge in [0.25, 0.3) is 6.43 Å². The fraction of sp³-hybridized carbons (Fsp3) is 0.400. The molecule has 0 aromatic heterocycles. The van der Waals surface area contributed by atoms with Crippen LogP contribution in [0.2, 0.25) is 0 Å². The van der Waals surface area contributed by atoms with Gasteiger partial charge in [0, 0.05) is 5.56 Å². The molecule has 2 heteroatoms. The fourth-order valence-electron chi connectivity index (χ4n) is 1.24. The van der Waals surface area contributed by atoms with Crippen molar-refractivity contribution in [2.24, 2.45) is 0 Å². The third kappa shape index (κ3) is 1.81. The summed E-state index contributed by atoms with van der Waals surface area (Å²) in [4.78, 5) is 0. The largest absolute Gasteiger partial charge is 0.264 e. The average molecular weight is 170 g/mol. The van der Waals surface area contributed by atoms with Gasteiger partial charge in [-0.3, -0.25) is 0 Å². The van der Waals surface area contributed by atoms with Gasteiger partial charge in [-0.05, 0) is 11.5 Å². The van der Waals surface area contributed by atoms with Crippen LogP contribution in [0, 0.1) is 0 Å². The molecule has 0 radical (unpaired) electrons. The topological polar surface area (TPSA) is 0 Å². The summed E-state index contributed by atoms with van der Waals surface area (Å²) < 4.78 is 24.8. The highest BCUT2D eigenvalue weighted by molar-refractivity contribution is 5.30. The molecule has 0 aliphatic carbocycles. The van der Waals surface area contributed by atoms with Gasteiger partial charge in [-0.1, -0.05) is 38.1 Å². The summed E-state index contributed by atoms with van der Waals surface area (Å²) in [5.74, 6) is 0.162. The minimum atomic E-state index is -2.36. The number of halogens is 2. The zero-order chi connectivity index (χ0) is 9.14. The summed E-state index contributed by atoms with van der Waals surface area (Å²) in [7, 11) is 0. The van der Waals surface area contributed by atoms with Crippen LogP contribution in [-0.4, -0.2) is 0 Å². The van der Waals surface area contributed by atoms with Crippen molar-refractivity contribution >= 4 is 0 Å². The molecule has 1 aromatic rings. The smallest absolute Gasteiger partial charge is 0.205 e. The first-order valence-electron chi connectivity index (χ1n) is 4.00. The van der Waals surface area contributed by atoms with Crippen LogP contribution in [0.3, 0.4) is 0 Å². The third-order valence-corrected chi connectivity index (χ3v) is 1.85. The fourth-order valence-corrected chi connectivity index (χ4v) is 1.24. The second kappa shape index (κ2) is 3.65. The van der Waals surface area contributed by atoms with Crippen molar-refractivity contribution in [1.29, 1.82) is 0 Å². The number of hydrogen-bond donors (Lipinski definition) is 0. The van der Waals surface area contributed by atoms with Crippen LogP contribution < -0.4 is 0 Å². The van der Waals surface area contributed by atoms with Crippen molar-refractivity contribution in [2.75, 3.05) is 0 Å². The molecule has 0 aliphatic rings. The van der Waals surface area contributed by atoms with Crippen LogP contribution in [0.4, 0.5) is 8.78 Å². The molecule has 0 spiro atoms. The number of benzene rings is 1. The van der Waals surface area contributed by atoms with Gasteiger partial charge in [-0.2, -0.15) is 0 Å². The Morgan fingerprint density at radius 1 is 1.00 bits per heavy atom. The van der Waals surface area contributed by atoms with E-state index in [2.05, 4.69) is 0 Å². The lowest BCUT2D eigenvalue weighted by molar-refractivity contribution is 0.150. The van der Waals surface area contributed by atoms with E-state index < -0.39 is 6.43 Å². The molecule has 66 valence electrons. The molecule has 1 rings (SSSR count). The van der Waals surface area contributed by atoms with Crippen LogP contribution in [0.5, 0.6) is 0 Å². The summed E-state index contributed by atoms with van der Waals surface area (Å²) in [6.07, 6.45) is -2.36. The average Bonchev–Trinajstić information content (AvgIpc) is 2.04. The Morgan fingerprint density at radius 3 is 1.83 bits per heavy atom. The van der Waals surface area contributed by atoms with Gasteiger partial charge < -0.3 is 0 Å². The van der Waals surface area contributed by atoms with E-state index >= 15 is 0 Å². The monoisotopic (exact) mass is 170 g/mol. The van der Waals surface area contributed by atoms with Crippen LogP contribution >= 0.6 is 0 Å². The number of hydrogen-bond acceptors (Lipinski definition) is 0. The van der Waals surface area contributed by atoms with Crippen LogP contribution in [0.15, 0.2) is 24.3 Å². The molecule has 0 nitrogen and oxygen atoms in total. The van der Waals surface area contributed by atoms with Gasteiger partial charge in [0.15, 0.2) is 0 Å². The zero-order valence-electron chi connectivity index (χ0n) is 7.22. The molecular weight excluding hydrogens is 158 g/mol. The molecule has 0 aliphatic heterocycles. The molecule has 0 amide bonds. The van der Waals surface area contributed by atoms with E-state index in [1.807, 2.05) is 13.8 Å². The van der Waals surface area contributed by atoms with E-state index in [9.17, 15) is 8.78 Å². The lowest BCUT2D eigenvalue weighted by Crippen LogP contribution is -1.95. The predicted octanol–water partition coefficient (Wildman–Crippen LogP) is 3.75. The van der Waals surface area contributed by atoms with Gasteiger partial charge in [0.1, 0.15) is 0 Å². The molecule has 0 unspecified atom stereocenters. The van der Waals surface area contributed by atoms with E-state index in [4.69, 9.17) is 0 Å². The van der Waals surface area contributed by atoms with Gasteiger partial charge in [-0.15, -0.1) is 0 Å². The van der Waals surface area contributed by atoms with Gasteiger partial charge >= 0.3 is 0 Å². The SMILES string of the molecule is CC(C)c1ccccc1C(F)F. The highest BCUT2D eigenvalue weighted by atomic mass is 19.3. The van der Waals surface area contributed by atoms with Gasteiger partial charge in [-0.25, -0.2) is 8.78 Å². The number of rotatable bonds is 2. The van der Waals surface area contributed by atoms with E-state index in [0.29, 0.717) is 0 Å². The predicted molar refractivity (Wildman–Crippen MR) is 45.5 cm³/mol. The van der Waals surface area contributed by atoms with Crippen molar-refractivity contribution in [3.05, 3.63) is 35.4 Å². The molecule has 0 N–H and O–H groups in total. The standard InChI is InChI=1S/C10H12F2/c1-7(2)8-5-3-4-6-9(8)10(11)12/h3-7,10H,1-2H3. The molecule has 0 heterocycles. The molecule has 0 fully saturated rings. The Bertz CT molecular complexity index is 227. The van der Waals surface area contributed by atoms with Gasteiger partial charge in [0.05, 0.1) is 0 Å². The Labute approximate surface area is 71.2 Å². The van der Waals surface area contributed by atoms with Crippen molar-refractivity contribution in [3.8, 4) is 0 Å². The molecular formula is C10H12F2. The molecule has 0 bridgehead atoms. The molecule has 1 aromatic carbocycles. The highest BCUT2D eigenvalue weighted by Crippen LogP contribution is 2.27. The first kappa shape index (κ1) is 9.17. The maximum atomic E-state index is 12.4. The normalized spacial score (nSPS) is 11.2. The molecule has 12 heavy (non-hydrogen) atoms. The lowest BCUT2D eigenvalue weighted by Gasteiger charge is -2.10. The minimum Gasteiger partial charge on any atom is -0.205 e. The van der Waals surface area contributed by atoms with E-state index in [1.54, 1.807) is 18.2 Å². The summed E-state index contributed by atoms with van der Waals surface area (Å²) in [6, 6.07) is 6.68. The van der Waals surface area contributed by atoms with Gasteiger partial charge in [0.2, 0.25) is 0 Å². The summed E-state index contributed by atoms with van der Waals surface area (Å²) in [6.45, 7) is 3.84. The van der Waals surface area contributed by atoms with Crippen molar-refractivity contribution in [1.82, 2.24) is 0 Å². The number of alkyl halides is 2. The quantitative estimate of drug-likeness (QED) is 0.634. The summed E-state index contributed by atoms with van der Waals surface area (Å²) in [5, 5.41) is 0. The third-order valence-electron chi connectivity index (χ3n) is 1.85. The maximum Gasteiger partial charge on any atom is 0.264 e. The first-order valence-corrected chi connectivity index (χ1v) is 4.00. The first-order chi connectivity index (χ1) is 5.63. The van der Waals surface area contributed by atoms with E-state index in [-0.39, 0.29) is 11.5 Å². The van der Waals surface area contributed by atoms with E-state index in [0.717, 1.165) is 5.56 Å². The highest BCUT2D eigenvalue weighted by Gasteiger charge is 2.13. The molecule has 0 saturated carbocycles. The van der Waals surface area contributed by atoms with E-state index in [1.165, 1.54) is 6.07 Å². The Hall–Kier alpha value is -0.920. The van der Waals surface area contributed by atoms with Crippen molar-refractivity contribution in [3.63, 3.8) is 0 Å². The van der Waals surface area contributed by atoms with Crippen LogP contribution in [0.1, 0.15) is 37.3 Å². The Morgan fingerprint density at radius 2 is 1.50 bits per heavy atom. The maximum absolute atomic E-state index is 12.4. The second-order valence-electron chi connectivity index (χ2n) is 3.08. The summed E-state index contributed by atoms with van der Waals surface area (Å²) >= 11 is 0. The van der Waals surface area contributed by atoms with Crippen molar-refractivity contribution < 1.29 is 8.78 Å². The Kier molecular flexibility index (Phi) is 2.79. The van der Waals surface area contributed by atoms with Crippen molar-refractivity contribution in [2.45, 2.75) is 26.2 Å². The lowest BCUT2D eigenvalue weighted by atomic mass is 9.98. The zero-order valence-corrected chi connectivity index (χ0v) is 7.22. The minimum absolute atomic E-state index is 0.160. The molecule has 0 saturated heterocycles. The van der Waals surface area contributed by atoms with Crippen LogP contribution in [-0.2, 0) is 0 Å². The second-order valence-corrected chi connectivity index (χ2v) is 3.08. The Balaban J connectivity index is 3.09. The summed E-state index contributed by atoms with van der Waals surface area (Å²) in [5.41, 5.74) is 0.903. The molecule has 0 atom stereocenters.